The second kappa shape index (κ2) is 10.1. The van der Waals surface area contributed by atoms with Crippen LogP contribution in [0.25, 0.3) is 0 Å². The molecule has 0 spiro atoms. The predicted molar refractivity (Wildman–Crippen MR) is 106 cm³/mol. The third-order valence-corrected chi connectivity index (χ3v) is 5.16. The van der Waals surface area contributed by atoms with Crippen LogP contribution in [0.15, 0.2) is 18.2 Å². The molecule has 0 saturated carbocycles. The van der Waals surface area contributed by atoms with Gasteiger partial charge in [0.25, 0.3) is 5.91 Å². The first kappa shape index (κ1) is 22.5. The number of hydrogen-bond donors (Lipinski definition) is 3. The van der Waals surface area contributed by atoms with E-state index in [1.165, 1.54) is 14.2 Å². The topological polar surface area (TPSA) is 117 Å². The Morgan fingerprint density at radius 3 is 2.55 bits per heavy atom. The number of nitrogens with zero attached hydrogens (tertiary/aromatic N) is 1. The summed E-state index contributed by atoms with van der Waals surface area (Å²) >= 11 is 0. The lowest BCUT2D eigenvalue weighted by Gasteiger charge is -2.22. The summed E-state index contributed by atoms with van der Waals surface area (Å²) in [5.74, 6) is 0.273. The molecule has 4 amide bonds. The molecule has 29 heavy (non-hydrogen) atoms. The Balaban J connectivity index is 2.01. The molecule has 1 aliphatic heterocycles. The van der Waals surface area contributed by atoms with E-state index in [4.69, 9.17) is 9.47 Å². The molecule has 1 saturated heterocycles. The number of nitrogens with one attached hydrogen (secondary N) is 2. The van der Waals surface area contributed by atoms with E-state index in [9.17, 15) is 19.5 Å². The molecule has 1 heterocycles. The molecule has 0 aliphatic carbocycles. The van der Waals surface area contributed by atoms with Crippen LogP contribution in [0.1, 0.15) is 32.3 Å². The maximum Gasteiger partial charge on any atom is 0.325 e. The molecule has 0 unspecified atom stereocenters. The number of amides is 4. The Morgan fingerprint density at radius 1 is 1.28 bits per heavy atom. The van der Waals surface area contributed by atoms with Crippen LogP contribution in [0.4, 0.5) is 4.79 Å². The molecule has 0 radical (unpaired) electrons. The van der Waals surface area contributed by atoms with Crippen molar-refractivity contribution in [3.05, 3.63) is 23.8 Å². The van der Waals surface area contributed by atoms with E-state index >= 15 is 0 Å². The van der Waals surface area contributed by atoms with Gasteiger partial charge in [-0.15, -0.1) is 0 Å². The van der Waals surface area contributed by atoms with Crippen LogP contribution < -0.4 is 20.1 Å². The Hall–Kier alpha value is -2.81. The minimum absolute atomic E-state index is 0.0509. The number of methoxy groups -OCH3 is 2. The first-order valence-corrected chi connectivity index (χ1v) is 9.57. The van der Waals surface area contributed by atoms with Crippen molar-refractivity contribution >= 4 is 17.8 Å². The molecule has 9 nitrogen and oxygen atoms in total. The number of carbonyl (C=O) groups is 3. The van der Waals surface area contributed by atoms with Gasteiger partial charge in [0.2, 0.25) is 5.91 Å². The van der Waals surface area contributed by atoms with Crippen LogP contribution in [0.2, 0.25) is 0 Å². The van der Waals surface area contributed by atoms with Gasteiger partial charge in [-0.05, 0) is 23.6 Å². The van der Waals surface area contributed by atoms with Crippen LogP contribution in [-0.4, -0.2) is 60.8 Å². The largest absolute Gasteiger partial charge is 0.493 e. The van der Waals surface area contributed by atoms with E-state index in [0.29, 0.717) is 17.1 Å². The Labute approximate surface area is 170 Å². The van der Waals surface area contributed by atoms with Crippen molar-refractivity contribution in [2.24, 2.45) is 5.92 Å². The van der Waals surface area contributed by atoms with Gasteiger partial charge in [-0.25, -0.2) is 4.79 Å². The van der Waals surface area contributed by atoms with Crippen LogP contribution >= 0.6 is 0 Å². The zero-order valence-corrected chi connectivity index (χ0v) is 17.2. The fourth-order valence-corrected chi connectivity index (χ4v) is 3.13. The van der Waals surface area contributed by atoms with Crippen LogP contribution in [0.5, 0.6) is 11.5 Å². The van der Waals surface area contributed by atoms with Gasteiger partial charge in [-0.2, -0.15) is 0 Å². The number of urea groups is 1. The molecule has 1 aromatic rings. The van der Waals surface area contributed by atoms with E-state index in [1.807, 2.05) is 13.8 Å². The molecule has 3 atom stereocenters. The number of rotatable bonds is 10. The SMILES string of the molecule is CC[C@H](C)[C@@H](CO)NC(=O)C[C@H]1NC(=O)N(Cc2ccc(OC)c(OC)c2)C1=O. The summed E-state index contributed by atoms with van der Waals surface area (Å²) in [4.78, 5) is 38.2. The minimum Gasteiger partial charge on any atom is -0.493 e. The number of imide groups is 1. The first-order chi connectivity index (χ1) is 13.8. The molecule has 0 bridgehead atoms. The lowest BCUT2D eigenvalue weighted by Crippen LogP contribution is -2.44. The Kier molecular flexibility index (Phi) is 7.83. The van der Waals surface area contributed by atoms with Crippen molar-refractivity contribution in [1.29, 1.82) is 0 Å². The third kappa shape index (κ3) is 5.38. The quantitative estimate of drug-likeness (QED) is 0.499. The monoisotopic (exact) mass is 407 g/mol. The molecule has 1 aliphatic rings. The Bertz CT molecular complexity index is 754. The van der Waals surface area contributed by atoms with Gasteiger partial charge < -0.3 is 25.2 Å². The van der Waals surface area contributed by atoms with Crippen molar-refractivity contribution in [3.8, 4) is 11.5 Å². The zero-order valence-electron chi connectivity index (χ0n) is 17.2. The highest BCUT2D eigenvalue weighted by atomic mass is 16.5. The summed E-state index contributed by atoms with van der Waals surface area (Å²) in [5, 5.41) is 14.7. The van der Waals surface area contributed by atoms with Gasteiger partial charge in [0.15, 0.2) is 11.5 Å². The van der Waals surface area contributed by atoms with Crippen molar-refractivity contribution in [3.63, 3.8) is 0 Å². The van der Waals surface area contributed by atoms with Crippen molar-refractivity contribution in [2.45, 2.75) is 45.3 Å². The lowest BCUT2D eigenvalue weighted by molar-refractivity contribution is -0.131. The molecular formula is C20H29N3O6. The minimum atomic E-state index is -0.932. The summed E-state index contributed by atoms with van der Waals surface area (Å²) in [7, 11) is 3.02. The van der Waals surface area contributed by atoms with E-state index < -0.39 is 23.9 Å². The normalized spacial score (nSPS) is 18.2. The van der Waals surface area contributed by atoms with Gasteiger partial charge in [0.05, 0.1) is 39.8 Å². The summed E-state index contributed by atoms with van der Waals surface area (Å²) in [5.41, 5.74) is 0.688. The molecule has 160 valence electrons. The molecule has 0 aromatic heterocycles. The first-order valence-electron chi connectivity index (χ1n) is 9.57. The maximum atomic E-state index is 12.6. The maximum absolute atomic E-state index is 12.6. The molecule has 3 N–H and O–H groups in total. The molecule has 1 aromatic carbocycles. The van der Waals surface area contributed by atoms with E-state index in [2.05, 4.69) is 10.6 Å². The number of ether oxygens (including phenoxy) is 2. The van der Waals surface area contributed by atoms with E-state index in [-0.39, 0.29) is 31.5 Å². The van der Waals surface area contributed by atoms with Gasteiger partial charge in [0.1, 0.15) is 6.04 Å². The zero-order chi connectivity index (χ0) is 21.6. The Morgan fingerprint density at radius 2 is 1.97 bits per heavy atom. The van der Waals surface area contributed by atoms with Crippen molar-refractivity contribution in [2.75, 3.05) is 20.8 Å². The van der Waals surface area contributed by atoms with E-state index in [0.717, 1.165) is 11.3 Å². The smallest absolute Gasteiger partial charge is 0.325 e. The highest BCUT2D eigenvalue weighted by Crippen LogP contribution is 2.28. The third-order valence-electron chi connectivity index (χ3n) is 5.16. The molecule has 2 rings (SSSR count). The second-order valence-corrected chi connectivity index (χ2v) is 7.06. The van der Waals surface area contributed by atoms with Gasteiger partial charge >= 0.3 is 6.03 Å². The predicted octanol–water partition coefficient (Wildman–Crippen LogP) is 1.04. The highest BCUT2D eigenvalue weighted by molar-refractivity contribution is 6.05. The average molecular weight is 407 g/mol. The summed E-state index contributed by atoms with van der Waals surface area (Å²) in [6, 6.07) is 3.25. The van der Waals surface area contributed by atoms with Gasteiger partial charge in [0, 0.05) is 0 Å². The second-order valence-electron chi connectivity index (χ2n) is 7.06. The lowest BCUT2D eigenvalue weighted by atomic mass is 9.99. The van der Waals surface area contributed by atoms with Crippen LogP contribution in [-0.2, 0) is 16.1 Å². The number of aliphatic hydroxyl groups excluding tert-OH is 1. The summed E-state index contributed by atoms with van der Waals surface area (Å²) in [6.07, 6.45) is 0.615. The fraction of sp³-hybridized carbons (Fsp3) is 0.550. The van der Waals surface area contributed by atoms with Gasteiger partial charge in [-0.1, -0.05) is 26.3 Å². The number of hydrogen-bond acceptors (Lipinski definition) is 6. The number of benzene rings is 1. The standard InChI is InChI=1S/C20H29N3O6/c1-5-12(2)15(11-24)21-18(25)9-14-19(26)23(20(27)22-14)10-13-6-7-16(28-3)17(8-13)29-4/h6-8,12,14-15,24H,5,9-11H2,1-4H3,(H,21,25)(H,22,27)/t12-,14+,15+/m0/s1. The molecule has 1 fully saturated rings. The van der Waals surface area contributed by atoms with Crippen LogP contribution in [0, 0.1) is 5.92 Å². The summed E-state index contributed by atoms with van der Waals surface area (Å²) in [6.45, 7) is 3.76. The van der Waals surface area contributed by atoms with E-state index in [1.54, 1.807) is 18.2 Å². The fourth-order valence-electron chi connectivity index (χ4n) is 3.13. The number of carbonyl (C=O) groups excluding carboxylic acids is 3. The van der Waals surface area contributed by atoms with Crippen molar-refractivity contribution in [1.82, 2.24) is 15.5 Å². The van der Waals surface area contributed by atoms with Gasteiger partial charge in [-0.3, -0.25) is 14.5 Å². The summed E-state index contributed by atoms with van der Waals surface area (Å²) < 4.78 is 10.4. The molecule has 9 heteroatoms. The number of aliphatic hydroxyl groups is 1. The van der Waals surface area contributed by atoms with Crippen LogP contribution in [0.3, 0.4) is 0 Å². The molecular weight excluding hydrogens is 378 g/mol. The highest BCUT2D eigenvalue weighted by Gasteiger charge is 2.39. The average Bonchev–Trinajstić information content (AvgIpc) is 2.98. The van der Waals surface area contributed by atoms with Crippen molar-refractivity contribution < 1.29 is 29.0 Å².